The van der Waals surface area contributed by atoms with Gasteiger partial charge in [0.15, 0.2) is 0 Å². The number of aliphatic hydroxyl groups is 1. The van der Waals surface area contributed by atoms with E-state index < -0.39 is 17.5 Å². The van der Waals surface area contributed by atoms with Gasteiger partial charge in [-0.3, -0.25) is 4.79 Å². The van der Waals surface area contributed by atoms with Crippen LogP contribution in [0.3, 0.4) is 0 Å². The topological polar surface area (TPSA) is 57.5 Å². The molecule has 0 heterocycles. The lowest BCUT2D eigenvalue weighted by atomic mass is 9.33. The molecule has 5 aliphatic carbocycles. The summed E-state index contributed by atoms with van der Waals surface area (Å²) >= 11 is 0. The van der Waals surface area contributed by atoms with Crippen LogP contribution in [0.2, 0.25) is 0 Å². The molecule has 0 spiro atoms. The zero-order valence-corrected chi connectivity index (χ0v) is 22.2. The van der Waals surface area contributed by atoms with Crippen molar-refractivity contribution >= 4 is 5.97 Å². The number of allylic oxidation sites excluding steroid dienone is 2. The molecule has 33 heavy (non-hydrogen) atoms. The Morgan fingerprint density at radius 2 is 1.61 bits per heavy atom. The summed E-state index contributed by atoms with van der Waals surface area (Å²) in [7, 11) is 0. The molecular formula is C30H48O3. The zero-order valence-electron chi connectivity index (χ0n) is 22.2. The van der Waals surface area contributed by atoms with Crippen molar-refractivity contribution in [3.8, 4) is 0 Å². The Hall–Kier alpha value is -0.830. The maximum atomic E-state index is 12.5. The molecule has 11 atom stereocenters. The lowest BCUT2D eigenvalue weighted by Gasteiger charge is -2.71. The molecule has 0 saturated heterocycles. The molecule has 0 unspecified atom stereocenters. The van der Waals surface area contributed by atoms with E-state index in [0.29, 0.717) is 23.7 Å². The molecular weight excluding hydrogens is 408 g/mol. The number of hydrogen-bond donors (Lipinski definition) is 2. The molecule has 4 saturated carbocycles. The van der Waals surface area contributed by atoms with Gasteiger partial charge in [-0.05, 0) is 116 Å². The maximum Gasteiger partial charge on any atom is 0.312 e. The summed E-state index contributed by atoms with van der Waals surface area (Å²) in [6.45, 7) is 17.0. The summed E-state index contributed by atoms with van der Waals surface area (Å²) in [6, 6.07) is 0. The minimum Gasteiger partial charge on any atom is -0.481 e. The summed E-state index contributed by atoms with van der Waals surface area (Å²) < 4.78 is 0. The third-order valence-electron chi connectivity index (χ3n) is 13.5. The van der Waals surface area contributed by atoms with Crippen LogP contribution in [0.1, 0.15) is 106 Å². The standard InChI is InChI=1S/C30H48O3/c1-18-10-13-26(3)16-17-28(5)20(24(26)19(18)2)8-9-21-27(4)14-12-23(31)30(7,25(32)33)22(27)11-15-29(21,28)6/h8,18-19,21-24,31H,9-17H2,1-7H3,(H,32,33)/t18-,19+,21-,22+,23-,24+,26+,27-,28+,29+,30-/m1/s1. The predicted octanol–water partition coefficient (Wildman–Crippen LogP) is 7.09. The highest BCUT2D eigenvalue weighted by atomic mass is 16.4. The molecule has 0 aliphatic heterocycles. The van der Waals surface area contributed by atoms with Gasteiger partial charge in [-0.1, -0.05) is 53.2 Å². The van der Waals surface area contributed by atoms with Crippen molar-refractivity contribution in [3.63, 3.8) is 0 Å². The van der Waals surface area contributed by atoms with Crippen molar-refractivity contribution in [1.29, 1.82) is 0 Å². The average Bonchev–Trinajstić information content (AvgIpc) is 2.75. The molecule has 3 heteroatoms. The fourth-order valence-corrected chi connectivity index (χ4v) is 10.8. The molecule has 5 aliphatic rings. The van der Waals surface area contributed by atoms with Crippen LogP contribution < -0.4 is 0 Å². The summed E-state index contributed by atoms with van der Waals surface area (Å²) in [5.41, 5.74) is 1.56. The summed E-state index contributed by atoms with van der Waals surface area (Å²) in [4.78, 5) is 12.5. The Morgan fingerprint density at radius 3 is 2.27 bits per heavy atom. The van der Waals surface area contributed by atoms with Gasteiger partial charge in [0.1, 0.15) is 0 Å². The molecule has 0 radical (unpaired) electrons. The van der Waals surface area contributed by atoms with Gasteiger partial charge in [-0.15, -0.1) is 0 Å². The predicted molar refractivity (Wildman–Crippen MR) is 133 cm³/mol. The van der Waals surface area contributed by atoms with Crippen molar-refractivity contribution in [2.24, 2.45) is 56.7 Å². The number of carboxylic acids is 1. The molecule has 3 nitrogen and oxygen atoms in total. The number of carbonyl (C=O) groups is 1. The highest BCUT2D eigenvalue weighted by Crippen LogP contribution is 2.75. The smallest absolute Gasteiger partial charge is 0.312 e. The first-order valence-corrected chi connectivity index (χ1v) is 13.9. The van der Waals surface area contributed by atoms with Crippen LogP contribution in [-0.2, 0) is 4.79 Å². The number of aliphatic hydroxyl groups excluding tert-OH is 1. The lowest BCUT2D eigenvalue weighted by Crippen LogP contribution is -2.66. The van der Waals surface area contributed by atoms with E-state index in [0.717, 1.165) is 37.5 Å². The van der Waals surface area contributed by atoms with Crippen LogP contribution in [0.5, 0.6) is 0 Å². The Balaban J connectivity index is 1.60. The van der Waals surface area contributed by atoms with Gasteiger partial charge in [0, 0.05) is 0 Å². The van der Waals surface area contributed by atoms with Crippen LogP contribution >= 0.6 is 0 Å². The summed E-state index contributed by atoms with van der Waals surface area (Å²) in [5.74, 6) is 1.96. The van der Waals surface area contributed by atoms with Gasteiger partial charge < -0.3 is 10.2 Å². The van der Waals surface area contributed by atoms with E-state index in [1.807, 2.05) is 6.92 Å². The van der Waals surface area contributed by atoms with Crippen molar-refractivity contribution in [3.05, 3.63) is 11.6 Å². The van der Waals surface area contributed by atoms with Gasteiger partial charge in [0.2, 0.25) is 0 Å². The number of rotatable bonds is 1. The third kappa shape index (κ3) is 2.75. The van der Waals surface area contributed by atoms with Gasteiger partial charge in [-0.25, -0.2) is 0 Å². The second-order valence-electron chi connectivity index (χ2n) is 14.4. The minimum atomic E-state index is -1.03. The molecule has 0 amide bonds. The zero-order chi connectivity index (χ0) is 24.2. The molecule has 0 aromatic carbocycles. The van der Waals surface area contributed by atoms with Crippen LogP contribution in [0.25, 0.3) is 0 Å². The first-order valence-electron chi connectivity index (χ1n) is 13.9. The fourth-order valence-electron chi connectivity index (χ4n) is 10.8. The molecule has 0 bridgehead atoms. The summed E-state index contributed by atoms with van der Waals surface area (Å²) in [6.07, 6.45) is 12.0. The second-order valence-corrected chi connectivity index (χ2v) is 14.4. The minimum absolute atomic E-state index is 0.0311. The SMILES string of the molecule is C[C@H]1[C@H](C)CC[C@@]2(C)CC[C@@]3(C)C(=CC[C@@H]4[C@@]5(C)CC[C@@H](O)[C@](C)(C(=O)O)[C@H]5CC[C@@]43C)[C@H]12. The quantitative estimate of drug-likeness (QED) is 0.414. The van der Waals surface area contributed by atoms with E-state index in [4.69, 9.17) is 0 Å². The molecule has 186 valence electrons. The fraction of sp³-hybridized carbons (Fsp3) is 0.900. The van der Waals surface area contributed by atoms with Crippen molar-refractivity contribution in [1.82, 2.24) is 0 Å². The van der Waals surface area contributed by atoms with Crippen LogP contribution in [-0.4, -0.2) is 22.3 Å². The second kappa shape index (κ2) is 7.11. The van der Waals surface area contributed by atoms with E-state index >= 15 is 0 Å². The summed E-state index contributed by atoms with van der Waals surface area (Å²) in [5, 5.41) is 21.1. The monoisotopic (exact) mass is 456 g/mol. The van der Waals surface area contributed by atoms with E-state index in [2.05, 4.69) is 47.6 Å². The molecule has 2 N–H and O–H groups in total. The van der Waals surface area contributed by atoms with Crippen LogP contribution in [0, 0.1) is 56.7 Å². The average molecular weight is 457 g/mol. The number of hydrogen-bond acceptors (Lipinski definition) is 2. The molecule has 4 fully saturated rings. The van der Waals surface area contributed by atoms with Gasteiger partial charge in [0.25, 0.3) is 0 Å². The van der Waals surface area contributed by atoms with Crippen LogP contribution in [0.4, 0.5) is 0 Å². The van der Waals surface area contributed by atoms with E-state index in [1.165, 1.54) is 25.7 Å². The normalized spacial score (nSPS) is 58.2. The largest absolute Gasteiger partial charge is 0.481 e. The maximum absolute atomic E-state index is 12.5. The van der Waals surface area contributed by atoms with E-state index in [-0.39, 0.29) is 22.2 Å². The molecule has 5 rings (SSSR count). The third-order valence-corrected chi connectivity index (χ3v) is 13.5. The van der Waals surface area contributed by atoms with Crippen molar-refractivity contribution in [2.75, 3.05) is 0 Å². The van der Waals surface area contributed by atoms with Crippen molar-refractivity contribution < 1.29 is 15.0 Å². The van der Waals surface area contributed by atoms with Crippen molar-refractivity contribution in [2.45, 2.75) is 112 Å². The number of fused-ring (bicyclic) bond motifs is 7. The number of aliphatic carboxylic acids is 1. The number of carboxylic acid groups (broad SMARTS) is 1. The Morgan fingerprint density at radius 1 is 0.909 bits per heavy atom. The highest BCUT2D eigenvalue weighted by molar-refractivity contribution is 5.76. The van der Waals surface area contributed by atoms with Gasteiger partial charge >= 0.3 is 5.97 Å². The van der Waals surface area contributed by atoms with Gasteiger partial charge in [-0.2, -0.15) is 0 Å². The Kier molecular flexibility index (Phi) is 5.15. The molecule has 0 aromatic rings. The first-order chi connectivity index (χ1) is 15.3. The van der Waals surface area contributed by atoms with E-state index in [1.54, 1.807) is 5.57 Å². The first kappa shape index (κ1) is 23.9. The highest BCUT2D eigenvalue weighted by Gasteiger charge is 2.69. The lowest BCUT2D eigenvalue weighted by molar-refractivity contribution is -0.217. The van der Waals surface area contributed by atoms with E-state index in [9.17, 15) is 15.0 Å². The van der Waals surface area contributed by atoms with Gasteiger partial charge in [0.05, 0.1) is 11.5 Å². The Bertz CT molecular complexity index is 878. The van der Waals surface area contributed by atoms with Crippen LogP contribution in [0.15, 0.2) is 11.6 Å². The Labute approximate surface area is 201 Å². The molecule has 0 aromatic heterocycles.